The van der Waals surface area contributed by atoms with Crippen molar-refractivity contribution in [3.05, 3.63) is 30.1 Å². The average Bonchev–Trinajstić information content (AvgIpc) is 2.16. The lowest BCUT2D eigenvalue weighted by atomic mass is 10.1. The van der Waals surface area contributed by atoms with Gasteiger partial charge in [0, 0.05) is 24.0 Å². The van der Waals surface area contributed by atoms with Gasteiger partial charge in [0.25, 0.3) is 0 Å². The van der Waals surface area contributed by atoms with Crippen molar-refractivity contribution >= 4 is 11.8 Å². The topological polar surface area (TPSA) is 90.7 Å². The van der Waals surface area contributed by atoms with Crippen LogP contribution in [0.15, 0.2) is 24.5 Å². The third kappa shape index (κ3) is 1.85. The van der Waals surface area contributed by atoms with E-state index in [1.807, 2.05) is 13.0 Å². The van der Waals surface area contributed by atoms with Crippen LogP contribution in [-0.4, -0.2) is 15.0 Å². The minimum atomic E-state index is 0.174. The molecule has 2 heterocycles. The van der Waals surface area contributed by atoms with E-state index >= 15 is 0 Å². The molecule has 0 fully saturated rings. The van der Waals surface area contributed by atoms with Gasteiger partial charge in [0.15, 0.2) is 0 Å². The van der Waals surface area contributed by atoms with Crippen molar-refractivity contribution in [1.82, 2.24) is 15.0 Å². The predicted molar refractivity (Wildman–Crippen MR) is 58.8 cm³/mol. The monoisotopic (exact) mass is 201 g/mol. The fourth-order valence-corrected chi connectivity index (χ4v) is 1.36. The highest BCUT2D eigenvalue weighted by Gasteiger charge is 2.05. The minimum Gasteiger partial charge on any atom is -0.384 e. The SMILES string of the molecule is Cc1ccncc1-c1cc(N)nc(N)n1. The van der Waals surface area contributed by atoms with Gasteiger partial charge in [0.2, 0.25) is 5.95 Å². The van der Waals surface area contributed by atoms with Crippen molar-refractivity contribution < 1.29 is 0 Å². The molecule has 5 heteroatoms. The van der Waals surface area contributed by atoms with Gasteiger partial charge < -0.3 is 11.5 Å². The summed E-state index contributed by atoms with van der Waals surface area (Å²) < 4.78 is 0. The molecule has 0 aliphatic heterocycles. The van der Waals surface area contributed by atoms with Gasteiger partial charge in [0.05, 0.1) is 5.69 Å². The second-order valence-electron chi connectivity index (χ2n) is 3.23. The first-order valence-corrected chi connectivity index (χ1v) is 4.48. The summed E-state index contributed by atoms with van der Waals surface area (Å²) in [6, 6.07) is 3.59. The van der Waals surface area contributed by atoms with Crippen molar-refractivity contribution in [2.75, 3.05) is 11.5 Å². The van der Waals surface area contributed by atoms with Gasteiger partial charge in [-0.3, -0.25) is 4.98 Å². The van der Waals surface area contributed by atoms with Gasteiger partial charge in [0.1, 0.15) is 5.82 Å². The molecule has 0 spiro atoms. The summed E-state index contributed by atoms with van der Waals surface area (Å²) in [5.74, 6) is 0.536. The number of nitrogen functional groups attached to an aromatic ring is 2. The Bertz CT molecular complexity index is 475. The van der Waals surface area contributed by atoms with Crippen LogP contribution in [0, 0.1) is 6.92 Å². The van der Waals surface area contributed by atoms with Crippen molar-refractivity contribution in [3.8, 4) is 11.3 Å². The number of aryl methyl sites for hydroxylation is 1. The van der Waals surface area contributed by atoms with Gasteiger partial charge in [-0.2, -0.15) is 4.98 Å². The van der Waals surface area contributed by atoms with Gasteiger partial charge >= 0.3 is 0 Å². The molecule has 0 radical (unpaired) electrons. The number of nitrogens with zero attached hydrogens (tertiary/aromatic N) is 3. The molecule has 0 atom stereocenters. The zero-order valence-electron chi connectivity index (χ0n) is 8.31. The number of hydrogen-bond donors (Lipinski definition) is 2. The molecule has 2 aromatic heterocycles. The minimum absolute atomic E-state index is 0.174. The standard InChI is InChI=1S/C10H11N5/c1-6-2-3-13-5-7(6)8-4-9(11)15-10(12)14-8/h2-5H,1H3,(H4,11,12,14,15). The quantitative estimate of drug-likeness (QED) is 0.718. The zero-order valence-corrected chi connectivity index (χ0v) is 8.31. The number of rotatable bonds is 1. The van der Waals surface area contributed by atoms with Crippen LogP contribution in [0.2, 0.25) is 0 Å². The molecule has 0 aliphatic rings. The van der Waals surface area contributed by atoms with Gasteiger partial charge in [-0.05, 0) is 18.6 Å². The molecule has 5 nitrogen and oxygen atoms in total. The summed E-state index contributed by atoms with van der Waals surface area (Å²) in [4.78, 5) is 12.0. The highest BCUT2D eigenvalue weighted by Crippen LogP contribution is 2.21. The first-order chi connectivity index (χ1) is 7.16. The van der Waals surface area contributed by atoms with Crippen LogP contribution in [-0.2, 0) is 0 Å². The van der Waals surface area contributed by atoms with Crippen molar-refractivity contribution in [1.29, 1.82) is 0 Å². The number of aromatic nitrogens is 3. The van der Waals surface area contributed by atoms with Gasteiger partial charge in [-0.15, -0.1) is 0 Å². The van der Waals surface area contributed by atoms with Crippen LogP contribution in [0.25, 0.3) is 11.3 Å². The van der Waals surface area contributed by atoms with Crippen molar-refractivity contribution in [2.45, 2.75) is 6.92 Å². The molecule has 0 saturated carbocycles. The summed E-state index contributed by atoms with van der Waals surface area (Å²) in [7, 11) is 0. The van der Waals surface area contributed by atoms with E-state index in [4.69, 9.17) is 11.5 Å². The largest absolute Gasteiger partial charge is 0.384 e. The van der Waals surface area contributed by atoms with Gasteiger partial charge in [-0.25, -0.2) is 4.98 Å². The van der Waals surface area contributed by atoms with Crippen LogP contribution < -0.4 is 11.5 Å². The summed E-state index contributed by atoms with van der Waals surface area (Å²) >= 11 is 0. The summed E-state index contributed by atoms with van der Waals surface area (Å²) in [5.41, 5.74) is 13.8. The third-order valence-corrected chi connectivity index (χ3v) is 2.08. The molecular weight excluding hydrogens is 190 g/mol. The molecule has 4 N–H and O–H groups in total. The van der Waals surface area contributed by atoms with Crippen LogP contribution in [0.3, 0.4) is 0 Å². The molecule has 2 rings (SSSR count). The molecule has 0 aliphatic carbocycles. The predicted octanol–water partition coefficient (Wildman–Crippen LogP) is 1.01. The first-order valence-electron chi connectivity index (χ1n) is 4.48. The second kappa shape index (κ2) is 3.53. The Morgan fingerprint density at radius 1 is 1.20 bits per heavy atom. The molecule has 0 amide bonds. The lowest BCUT2D eigenvalue weighted by Gasteiger charge is -2.05. The fraction of sp³-hybridized carbons (Fsp3) is 0.100. The summed E-state index contributed by atoms with van der Waals surface area (Å²) in [6.07, 6.45) is 3.46. The molecule has 0 saturated heterocycles. The van der Waals surface area contributed by atoms with Gasteiger partial charge in [-0.1, -0.05) is 0 Å². The average molecular weight is 201 g/mol. The van der Waals surface area contributed by atoms with E-state index in [0.717, 1.165) is 11.1 Å². The number of anilines is 2. The zero-order chi connectivity index (χ0) is 10.8. The van der Waals surface area contributed by atoms with E-state index in [1.165, 1.54) is 0 Å². The molecule has 15 heavy (non-hydrogen) atoms. The maximum absolute atomic E-state index is 5.60. The smallest absolute Gasteiger partial charge is 0.222 e. The Labute approximate surface area is 87.2 Å². The number of pyridine rings is 1. The van der Waals surface area contributed by atoms with E-state index in [9.17, 15) is 0 Å². The Kier molecular flexibility index (Phi) is 2.21. The van der Waals surface area contributed by atoms with Crippen LogP contribution >= 0.6 is 0 Å². The second-order valence-corrected chi connectivity index (χ2v) is 3.23. The number of nitrogens with two attached hydrogens (primary N) is 2. The molecule has 0 bridgehead atoms. The van der Waals surface area contributed by atoms with E-state index in [1.54, 1.807) is 18.5 Å². The maximum Gasteiger partial charge on any atom is 0.222 e. The maximum atomic E-state index is 5.60. The van der Waals surface area contributed by atoms with E-state index in [-0.39, 0.29) is 5.95 Å². The Hall–Kier alpha value is -2.17. The highest BCUT2D eigenvalue weighted by atomic mass is 15.0. The lowest BCUT2D eigenvalue weighted by molar-refractivity contribution is 1.18. The molecule has 0 unspecified atom stereocenters. The summed E-state index contributed by atoms with van der Waals surface area (Å²) in [6.45, 7) is 1.98. The molecular formula is C10H11N5. The first kappa shape index (κ1) is 9.39. The Morgan fingerprint density at radius 3 is 2.67 bits per heavy atom. The van der Waals surface area contributed by atoms with Crippen LogP contribution in [0.5, 0.6) is 0 Å². The molecule has 76 valence electrons. The van der Waals surface area contributed by atoms with Crippen LogP contribution in [0.4, 0.5) is 11.8 Å². The normalized spacial score (nSPS) is 10.2. The lowest BCUT2D eigenvalue weighted by Crippen LogP contribution is -2.01. The Balaban J connectivity index is 2.59. The Morgan fingerprint density at radius 2 is 2.00 bits per heavy atom. The fourth-order valence-electron chi connectivity index (χ4n) is 1.36. The van der Waals surface area contributed by atoms with E-state index in [2.05, 4.69) is 15.0 Å². The van der Waals surface area contributed by atoms with E-state index in [0.29, 0.717) is 11.5 Å². The molecule has 0 aromatic carbocycles. The third-order valence-electron chi connectivity index (χ3n) is 2.08. The number of hydrogen-bond acceptors (Lipinski definition) is 5. The molecule has 2 aromatic rings. The van der Waals surface area contributed by atoms with E-state index < -0.39 is 0 Å². The van der Waals surface area contributed by atoms with Crippen molar-refractivity contribution in [3.63, 3.8) is 0 Å². The summed E-state index contributed by atoms with van der Waals surface area (Å²) in [5, 5.41) is 0. The van der Waals surface area contributed by atoms with Crippen LogP contribution in [0.1, 0.15) is 5.56 Å². The highest BCUT2D eigenvalue weighted by molar-refractivity contribution is 5.65. The van der Waals surface area contributed by atoms with Crippen molar-refractivity contribution in [2.24, 2.45) is 0 Å².